The monoisotopic (exact) mass is 242 g/mol. The van der Waals surface area contributed by atoms with Gasteiger partial charge in [-0.1, -0.05) is 70.6 Å². The van der Waals surface area contributed by atoms with Crippen molar-refractivity contribution in [2.24, 2.45) is 0 Å². The molecule has 2 atom stereocenters. The maximum Gasteiger partial charge on any atom is 0.0799 e. The predicted octanol–water partition coefficient (Wildman–Crippen LogP) is 3.79. The van der Waals surface area contributed by atoms with Crippen LogP contribution in [0.1, 0.15) is 83.5 Å². The van der Waals surface area contributed by atoms with Crippen LogP contribution in [0.3, 0.4) is 0 Å². The number of aliphatic hydroxyl groups excluding tert-OH is 2. The molecular weight excluding hydrogens is 212 g/mol. The van der Waals surface area contributed by atoms with Crippen molar-refractivity contribution >= 4 is 0 Å². The Morgan fingerprint density at radius 3 is 0.941 bits per heavy atom. The molecule has 1 saturated carbocycles. The number of aliphatic hydroxyl groups is 2. The molecule has 0 bridgehead atoms. The Bertz CT molecular complexity index is 152. The molecule has 1 rings (SSSR count). The second-order valence-corrected chi connectivity index (χ2v) is 5.60. The second-order valence-electron chi connectivity index (χ2n) is 5.60. The third-order valence-corrected chi connectivity index (χ3v) is 3.94. The zero-order valence-electron chi connectivity index (χ0n) is 11.2. The van der Waals surface area contributed by atoms with Gasteiger partial charge in [0, 0.05) is 0 Å². The standard InChI is InChI=1S/C15H30O2/c16-14-12-10-8-6-4-2-1-3-5-7-9-11-13-15(14)17/h14-17H,1-13H2. The Balaban J connectivity index is 2.21. The van der Waals surface area contributed by atoms with Crippen molar-refractivity contribution in [3.8, 4) is 0 Å². The fourth-order valence-corrected chi connectivity index (χ4v) is 2.68. The maximum absolute atomic E-state index is 9.79. The molecule has 0 heterocycles. The maximum atomic E-state index is 9.79. The van der Waals surface area contributed by atoms with E-state index in [0.717, 1.165) is 25.7 Å². The first-order chi connectivity index (χ1) is 8.30. The van der Waals surface area contributed by atoms with Gasteiger partial charge in [-0.3, -0.25) is 0 Å². The van der Waals surface area contributed by atoms with Gasteiger partial charge in [0.25, 0.3) is 0 Å². The smallest absolute Gasteiger partial charge is 0.0799 e. The molecule has 0 aromatic rings. The Morgan fingerprint density at radius 2 is 0.647 bits per heavy atom. The second kappa shape index (κ2) is 9.90. The van der Waals surface area contributed by atoms with E-state index < -0.39 is 12.2 Å². The quantitative estimate of drug-likeness (QED) is 0.678. The molecule has 0 spiro atoms. The highest BCUT2D eigenvalue weighted by atomic mass is 16.3. The molecule has 1 aliphatic carbocycles. The molecular formula is C15H30O2. The van der Waals surface area contributed by atoms with Gasteiger partial charge in [0.1, 0.15) is 0 Å². The van der Waals surface area contributed by atoms with E-state index in [4.69, 9.17) is 0 Å². The summed E-state index contributed by atoms with van der Waals surface area (Å²) in [6.07, 6.45) is 14.6. The summed E-state index contributed by atoms with van der Waals surface area (Å²) in [6.45, 7) is 0. The van der Waals surface area contributed by atoms with E-state index in [-0.39, 0.29) is 0 Å². The van der Waals surface area contributed by atoms with Crippen LogP contribution in [-0.2, 0) is 0 Å². The lowest BCUT2D eigenvalue weighted by Crippen LogP contribution is -2.25. The van der Waals surface area contributed by atoms with Crippen LogP contribution in [0.5, 0.6) is 0 Å². The third-order valence-electron chi connectivity index (χ3n) is 3.94. The molecule has 0 aliphatic heterocycles. The van der Waals surface area contributed by atoms with Crippen LogP contribution in [0.2, 0.25) is 0 Å². The minimum atomic E-state index is -0.486. The lowest BCUT2D eigenvalue weighted by atomic mass is 10.0. The molecule has 0 saturated heterocycles. The zero-order chi connectivity index (χ0) is 12.3. The van der Waals surface area contributed by atoms with Crippen LogP contribution in [0.4, 0.5) is 0 Å². The molecule has 0 radical (unpaired) electrons. The molecule has 2 nitrogen and oxygen atoms in total. The van der Waals surface area contributed by atoms with Crippen molar-refractivity contribution < 1.29 is 10.2 Å². The van der Waals surface area contributed by atoms with Gasteiger partial charge >= 0.3 is 0 Å². The van der Waals surface area contributed by atoms with Gasteiger partial charge in [0.2, 0.25) is 0 Å². The van der Waals surface area contributed by atoms with E-state index in [0.29, 0.717) is 0 Å². The first-order valence-electron chi connectivity index (χ1n) is 7.67. The fraction of sp³-hybridized carbons (Fsp3) is 1.00. The molecule has 102 valence electrons. The fourth-order valence-electron chi connectivity index (χ4n) is 2.68. The van der Waals surface area contributed by atoms with Crippen LogP contribution in [-0.4, -0.2) is 22.4 Å². The minimum Gasteiger partial charge on any atom is -0.390 e. The first-order valence-corrected chi connectivity index (χ1v) is 7.67. The van der Waals surface area contributed by atoms with E-state index in [1.807, 2.05) is 0 Å². The lowest BCUT2D eigenvalue weighted by Gasteiger charge is -2.17. The Labute approximate surface area is 106 Å². The molecule has 0 amide bonds. The summed E-state index contributed by atoms with van der Waals surface area (Å²) < 4.78 is 0. The van der Waals surface area contributed by atoms with Gasteiger partial charge in [-0.05, 0) is 12.8 Å². The normalized spacial score (nSPS) is 31.4. The Hall–Kier alpha value is -0.0800. The number of rotatable bonds is 0. The molecule has 0 aromatic carbocycles. The molecule has 1 fully saturated rings. The van der Waals surface area contributed by atoms with Crippen LogP contribution < -0.4 is 0 Å². The van der Waals surface area contributed by atoms with Crippen molar-refractivity contribution in [3.63, 3.8) is 0 Å². The highest BCUT2D eigenvalue weighted by Crippen LogP contribution is 2.17. The topological polar surface area (TPSA) is 40.5 Å². The summed E-state index contributed by atoms with van der Waals surface area (Å²) in [5, 5.41) is 19.6. The molecule has 2 heteroatoms. The van der Waals surface area contributed by atoms with Gasteiger partial charge in [0.15, 0.2) is 0 Å². The average molecular weight is 242 g/mol. The van der Waals surface area contributed by atoms with Gasteiger partial charge in [0.05, 0.1) is 12.2 Å². The zero-order valence-corrected chi connectivity index (χ0v) is 11.2. The van der Waals surface area contributed by atoms with Crippen molar-refractivity contribution in [3.05, 3.63) is 0 Å². The van der Waals surface area contributed by atoms with E-state index in [1.54, 1.807) is 0 Å². The summed E-state index contributed by atoms with van der Waals surface area (Å²) in [5.41, 5.74) is 0. The van der Waals surface area contributed by atoms with Gasteiger partial charge in [-0.2, -0.15) is 0 Å². The Kier molecular flexibility index (Phi) is 8.72. The SMILES string of the molecule is OC1CCCCCCCCCCCCCC1O. The minimum absolute atomic E-state index is 0.486. The highest BCUT2D eigenvalue weighted by Gasteiger charge is 2.15. The van der Waals surface area contributed by atoms with Crippen molar-refractivity contribution in [1.82, 2.24) is 0 Å². The van der Waals surface area contributed by atoms with Gasteiger partial charge in [-0.25, -0.2) is 0 Å². The van der Waals surface area contributed by atoms with Crippen LogP contribution in [0.15, 0.2) is 0 Å². The Morgan fingerprint density at radius 1 is 0.412 bits per heavy atom. The van der Waals surface area contributed by atoms with Crippen LogP contribution >= 0.6 is 0 Å². The molecule has 2 N–H and O–H groups in total. The van der Waals surface area contributed by atoms with Gasteiger partial charge in [-0.15, -0.1) is 0 Å². The lowest BCUT2D eigenvalue weighted by molar-refractivity contribution is 0.00715. The van der Waals surface area contributed by atoms with Crippen LogP contribution in [0, 0.1) is 0 Å². The number of hydrogen-bond donors (Lipinski definition) is 2. The summed E-state index contributed by atoms with van der Waals surface area (Å²) in [4.78, 5) is 0. The van der Waals surface area contributed by atoms with E-state index in [2.05, 4.69) is 0 Å². The van der Waals surface area contributed by atoms with Gasteiger partial charge < -0.3 is 10.2 Å². The molecule has 17 heavy (non-hydrogen) atoms. The summed E-state index contributed by atoms with van der Waals surface area (Å²) in [5.74, 6) is 0. The van der Waals surface area contributed by atoms with E-state index >= 15 is 0 Å². The highest BCUT2D eigenvalue weighted by molar-refractivity contribution is 4.67. The first kappa shape index (κ1) is 15.0. The summed E-state index contributed by atoms with van der Waals surface area (Å²) >= 11 is 0. The summed E-state index contributed by atoms with van der Waals surface area (Å²) in [6, 6.07) is 0. The number of hydrogen-bond acceptors (Lipinski definition) is 2. The average Bonchev–Trinajstić information content (AvgIpc) is 2.34. The van der Waals surface area contributed by atoms with Crippen LogP contribution in [0.25, 0.3) is 0 Å². The summed E-state index contributed by atoms with van der Waals surface area (Å²) in [7, 11) is 0. The van der Waals surface area contributed by atoms with Crippen molar-refractivity contribution in [1.29, 1.82) is 0 Å². The molecule has 0 aromatic heterocycles. The van der Waals surface area contributed by atoms with E-state index in [1.165, 1.54) is 57.8 Å². The third kappa shape index (κ3) is 7.77. The molecule has 1 aliphatic rings. The van der Waals surface area contributed by atoms with Crippen molar-refractivity contribution in [2.45, 2.75) is 95.7 Å². The van der Waals surface area contributed by atoms with Crippen molar-refractivity contribution in [2.75, 3.05) is 0 Å². The predicted molar refractivity (Wildman–Crippen MR) is 72.0 cm³/mol. The largest absolute Gasteiger partial charge is 0.390 e. The molecule has 2 unspecified atom stereocenters. The van der Waals surface area contributed by atoms with E-state index in [9.17, 15) is 10.2 Å².